The van der Waals surface area contributed by atoms with Crippen LogP contribution in [-0.2, 0) is 0 Å². The fourth-order valence-electron chi connectivity index (χ4n) is 2.00. The number of nitro groups is 1. The molecule has 0 saturated carbocycles. The van der Waals surface area contributed by atoms with Crippen molar-refractivity contribution in [2.75, 3.05) is 13.1 Å². The molecule has 108 valence electrons. The molecule has 1 aliphatic rings. The van der Waals surface area contributed by atoms with Crippen molar-refractivity contribution in [1.82, 2.24) is 4.90 Å². The molecule has 1 heterocycles. The van der Waals surface area contributed by atoms with Crippen LogP contribution in [-0.4, -0.2) is 34.7 Å². The van der Waals surface area contributed by atoms with E-state index in [1.807, 2.05) is 0 Å². The van der Waals surface area contributed by atoms with E-state index in [9.17, 15) is 23.7 Å². The van der Waals surface area contributed by atoms with Crippen molar-refractivity contribution in [1.29, 1.82) is 0 Å². The van der Waals surface area contributed by atoms with Crippen molar-refractivity contribution in [3.63, 3.8) is 0 Å². The quantitative estimate of drug-likeness (QED) is 0.623. The molecule has 2 rings (SSSR count). The molecular formula is C12H11ClF2N2O3. The third kappa shape index (κ3) is 3.04. The topological polar surface area (TPSA) is 63.4 Å². The Hall–Kier alpha value is -1.76. The molecule has 0 aliphatic carbocycles. The smallest absolute Gasteiger partial charge is 0.270 e. The predicted octanol–water partition coefficient (Wildman–Crippen LogP) is 3.12. The van der Waals surface area contributed by atoms with Crippen molar-refractivity contribution in [2.24, 2.45) is 0 Å². The highest BCUT2D eigenvalue weighted by Gasteiger charge is 2.36. The lowest BCUT2D eigenvalue weighted by Gasteiger charge is -2.31. The van der Waals surface area contributed by atoms with Crippen LogP contribution in [0.4, 0.5) is 14.5 Å². The fraction of sp³-hybridized carbons (Fsp3) is 0.417. The van der Waals surface area contributed by atoms with Crippen LogP contribution in [0.3, 0.4) is 0 Å². The van der Waals surface area contributed by atoms with E-state index in [0.29, 0.717) is 0 Å². The van der Waals surface area contributed by atoms with E-state index >= 15 is 0 Å². The van der Waals surface area contributed by atoms with Crippen molar-refractivity contribution in [3.05, 3.63) is 38.9 Å². The van der Waals surface area contributed by atoms with Crippen molar-refractivity contribution < 1.29 is 18.5 Å². The number of carbonyl (C=O) groups excluding carboxylic acids is 1. The standard InChI is InChI=1S/C12H11ClF2N2O3/c13-10-2-1-8(17(19)20)7-9(10)11(18)16-5-3-12(14,15)4-6-16/h1-2,7H,3-6H2. The van der Waals surface area contributed by atoms with Crippen LogP contribution in [0.2, 0.25) is 5.02 Å². The van der Waals surface area contributed by atoms with Crippen molar-refractivity contribution >= 4 is 23.2 Å². The largest absolute Gasteiger partial charge is 0.338 e. The molecule has 0 radical (unpaired) electrons. The minimum atomic E-state index is -2.76. The first-order valence-electron chi connectivity index (χ1n) is 5.91. The van der Waals surface area contributed by atoms with Gasteiger partial charge in [0.15, 0.2) is 0 Å². The van der Waals surface area contributed by atoms with Crippen LogP contribution >= 0.6 is 11.6 Å². The number of benzene rings is 1. The van der Waals surface area contributed by atoms with Crippen LogP contribution in [0, 0.1) is 10.1 Å². The maximum atomic E-state index is 13.0. The Bertz CT molecular complexity index is 556. The lowest BCUT2D eigenvalue weighted by atomic mass is 10.1. The van der Waals surface area contributed by atoms with E-state index < -0.39 is 29.6 Å². The minimum Gasteiger partial charge on any atom is -0.338 e. The number of nitrogens with zero attached hydrogens (tertiary/aromatic N) is 2. The highest BCUT2D eigenvalue weighted by Crippen LogP contribution is 2.30. The second-order valence-corrected chi connectivity index (χ2v) is 4.98. The third-order valence-corrected chi connectivity index (χ3v) is 3.50. The van der Waals surface area contributed by atoms with Gasteiger partial charge in [0.05, 0.1) is 15.5 Å². The average molecular weight is 305 g/mol. The first-order chi connectivity index (χ1) is 9.30. The molecule has 1 amide bonds. The summed E-state index contributed by atoms with van der Waals surface area (Å²) in [7, 11) is 0. The Morgan fingerprint density at radius 3 is 2.50 bits per heavy atom. The monoisotopic (exact) mass is 304 g/mol. The number of halogens is 3. The summed E-state index contributed by atoms with van der Waals surface area (Å²) in [4.78, 5) is 23.5. The molecule has 0 unspecified atom stereocenters. The zero-order valence-electron chi connectivity index (χ0n) is 10.3. The number of likely N-dealkylation sites (tertiary alicyclic amines) is 1. The highest BCUT2D eigenvalue weighted by atomic mass is 35.5. The summed E-state index contributed by atoms with van der Waals surface area (Å²) in [6.07, 6.45) is -0.823. The molecular weight excluding hydrogens is 294 g/mol. The summed E-state index contributed by atoms with van der Waals surface area (Å²) in [5.41, 5.74) is -0.300. The van der Waals surface area contributed by atoms with Gasteiger partial charge in [0.2, 0.25) is 0 Å². The van der Waals surface area contributed by atoms with Gasteiger partial charge in [-0.25, -0.2) is 8.78 Å². The Labute approximate surface area is 118 Å². The Kier molecular flexibility index (Phi) is 3.89. The molecule has 0 spiro atoms. The number of amides is 1. The number of rotatable bonds is 2. The Balaban J connectivity index is 2.21. The van der Waals surface area contributed by atoms with Gasteiger partial charge in [-0.15, -0.1) is 0 Å². The SMILES string of the molecule is O=C(c1cc([N+](=O)[O-])ccc1Cl)N1CCC(F)(F)CC1. The molecule has 0 N–H and O–H groups in total. The van der Waals surface area contributed by atoms with Gasteiger partial charge in [-0.3, -0.25) is 14.9 Å². The molecule has 1 aromatic rings. The predicted molar refractivity (Wildman–Crippen MR) is 68.2 cm³/mol. The van der Waals surface area contributed by atoms with Gasteiger partial charge in [0, 0.05) is 38.1 Å². The average Bonchev–Trinajstić information content (AvgIpc) is 2.38. The Morgan fingerprint density at radius 1 is 1.35 bits per heavy atom. The molecule has 5 nitrogen and oxygen atoms in total. The number of carbonyl (C=O) groups is 1. The normalized spacial score (nSPS) is 17.9. The van der Waals surface area contributed by atoms with Crippen LogP contribution in [0.25, 0.3) is 0 Å². The van der Waals surface area contributed by atoms with E-state index in [0.717, 1.165) is 6.07 Å². The molecule has 0 bridgehead atoms. The van der Waals surface area contributed by atoms with Gasteiger partial charge >= 0.3 is 0 Å². The van der Waals surface area contributed by atoms with Crippen LogP contribution in [0.5, 0.6) is 0 Å². The molecule has 8 heteroatoms. The van der Waals surface area contributed by atoms with Gasteiger partial charge in [-0.1, -0.05) is 11.6 Å². The summed E-state index contributed by atoms with van der Waals surface area (Å²) in [5.74, 6) is -3.32. The Morgan fingerprint density at radius 2 is 1.95 bits per heavy atom. The molecule has 0 aromatic heterocycles. The molecule has 1 fully saturated rings. The van der Waals surface area contributed by atoms with Gasteiger partial charge < -0.3 is 4.90 Å². The van der Waals surface area contributed by atoms with Crippen molar-refractivity contribution in [2.45, 2.75) is 18.8 Å². The molecule has 1 aromatic carbocycles. The number of non-ortho nitro benzene ring substituents is 1. The lowest BCUT2D eigenvalue weighted by Crippen LogP contribution is -2.42. The van der Waals surface area contributed by atoms with Crippen LogP contribution in [0.15, 0.2) is 18.2 Å². The van der Waals surface area contributed by atoms with Crippen LogP contribution in [0.1, 0.15) is 23.2 Å². The first kappa shape index (κ1) is 14.6. The number of alkyl halides is 2. The van der Waals surface area contributed by atoms with Crippen LogP contribution < -0.4 is 0 Å². The molecule has 0 atom stereocenters. The summed E-state index contributed by atoms with van der Waals surface area (Å²) >= 11 is 5.85. The van der Waals surface area contributed by atoms with E-state index in [2.05, 4.69) is 0 Å². The maximum absolute atomic E-state index is 13.0. The molecule has 1 saturated heterocycles. The molecule has 20 heavy (non-hydrogen) atoms. The summed E-state index contributed by atoms with van der Waals surface area (Å²) in [6.45, 7) is -0.185. The van der Waals surface area contributed by atoms with E-state index in [-0.39, 0.29) is 29.4 Å². The lowest BCUT2D eigenvalue weighted by molar-refractivity contribution is -0.384. The zero-order valence-corrected chi connectivity index (χ0v) is 11.1. The zero-order chi connectivity index (χ0) is 14.9. The number of hydrogen-bond acceptors (Lipinski definition) is 3. The second-order valence-electron chi connectivity index (χ2n) is 4.57. The van der Waals surface area contributed by atoms with Gasteiger partial charge in [-0.2, -0.15) is 0 Å². The van der Waals surface area contributed by atoms with Crippen molar-refractivity contribution in [3.8, 4) is 0 Å². The van der Waals surface area contributed by atoms with E-state index in [4.69, 9.17) is 11.6 Å². The maximum Gasteiger partial charge on any atom is 0.270 e. The van der Waals surface area contributed by atoms with E-state index in [1.54, 1.807) is 0 Å². The summed E-state index contributed by atoms with van der Waals surface area (Å²) in [5, 5.41) is 10.8. The van der Waals surface area contributed by atoms with Gasteiger partial charge in [0.25, 0.3) is 17.5 Å². The van der Waals surface area contributed by atoms with Gasteiger partial charge in [-0.05, 0) is 6.07 Å². The first-order valence-corrected chi connectivity index (χ1v) is 6.29. The second kappa shape index (κ2) is 5.32. The number of piperidine rings is 1. The fourth-order valence-corrected chi connectivity index (χ4v) is 2.20. The number of hydrogen-bond donors (Lipinski definition) is 0. The number of nitro benzene ring substituents is 1. The summed E-state index contributed by atoms with van der Waals surface area (Å²) in [6, 6.07) is 3.51. The highest BCUT2D eigenvalue weighted by molar-refractivity contribution is 6.33. The summed E-state index contributed by atoms with van der Waals surface area (Å²) < 4.78 is 26.1. The third-order valence-electron chi connectivity index (χ3n) is 3.17. The van der Waals surface area contributed by atoms with E-state index in [1.165, 1.54) is 17.0 Å². The van der Waals surface area contributed by atoms with Gasteiger partial charge in [0.1, 0.15) is 0 Å². The minimum absolute atomic E-state index is 0.0360. The molecule has 1 aliphatic heterocycles.